The molecule has 1 heterocycles. The van der Waals surface area contributed by atoms with Crippen molar-refractivity contribution in [3.8, 4) is 0 Å². The van der Waals surface area contributed by atoms with Gasteiger partial charge in [0.1, 0.15) is 0 Å². The normalized spacial score (nSPS) is 29.9. The number of methoxy groups -OCH3 is 1. The Bertz CT molecular complexity index is 328. The smallest absolute Gasteiger partial charge is 0.0987 e. The van der Waals surface area contributed by atoms with E-state index in [0.717, 1.165) is 13.0 Å². The fraction of sp³-hybridized carbons (Fsp3) is 0.692. The Morgan fingerprint density at radius 1 is 1.59 bits per heavy atom. The number of hydrogen-bond acceptors (Lipinski definition) is 4. The van der Waals surface area contributed by atoms with Gasteiger partial charge < -0.3 is 14.8 Å². The zero-order valence-corrected chi connectivity index (χ0v) is 11.5. The van der Waals surface area contributed by atoms with E-state index in [2.05, 4.69) is 29.8 Å². The molecular formula is C13H21NO2S. The molecule has 1 fully saturated rings. The van der Waals surface area contributed by atoms with Crippen LogP contribution in [0.5, 0.6) is 0 Å². The van der Waals surface area contributed by atoms with Crippen LogP contribution < -0.4 is 5.32 Å². The van der Waals surface area contributed by atoms with Crippen LogP contribution in [0.2, 0.25) is 0 Å². The lowest BCUT2D eigenvalue weighted by atomic mass is 9.84. The fourth-order valence-electron chi connectivity index (χ4n) is 2.38. The largest absolute Gasteiger partial charge is 0.377 e. The summed E-state index contributed by atoms with van der Waals surface area (Å²) >= 11 is 1.79. The fourth-order valence-corrected chi connectivity index (χ4v) is 3.12. The van der Waals surface area contributed by atoms with E-state index in [-0.39, 0.29) is 12.2 Å². The topological polar surface area (TPSA) is 30.5 Å². The third-order valence-corrected chi connectivity index (χ3v) is 4.39. The van der Waals surface area contributed by atoms with Crippen molar-refractivity contribution in [3.63, 3.8) is 0 Å². The third kappa shape index (κ3) is 2.88. The van der Waals surface area contributed by atoms with E-state index in [9.17, 15) is 0 Å². The molecule has 0 amide bonds. The first-order chi connectivity index (χ1) is 8.26. The summed E-state index contributed by atoms with van der Waals surface area (Å²) in [6.07, 6.45) is 1.50. The quantitative estimate of drug-likeness (QED) is 0.847. The van der Waals surface area contributed by atoms with Crippen LogP contribution in [0.25, 0.3) is 0 Å². The van der Waals surface area contributed by atoms with E-state index < -0.39 is 0 Å². The van der Waals surface area contributed by atoms with Crippen LogP contribution in [0, 0.1) is 0 Å². The average Bonchev–Trinajstić information content (AvgIpc) is 2.81. The summed E-state index contributed by atoms with van der Waals surface area (Å²) < 4.78 is 11.1. The SMILES string of the molecule is CCOC1CC(NC(C)c2cccs2)C1OC. The molecule has 17 heavy (non-hydrogen) atoms. The van der Waals surface area contributed by atoms with E-state index >= 15 is 0 Å². The van der Waals surface area contributed by atoms with Crippen LogP contribution in [-0.4, -0.2) is 32.0 Å². The molecule has 4 atom stereocenters. The van der Waals surface area contributed by atoms with Gasteiger partial charge in [0.15, 0.2) is 0 Å². The lowest BCUT2D eigenvalue weighted by Gasteiger charge is -2.44. The summed E-state index contributed by atoms with van der Waals surface area (Å²) in [6.45, 7) is 4.99. The lowest BCUT2D eigenvalue weighted by Crippen LogP contribution is -2.60. The van der Waals surface area contributed by atoms with Crippen molar-refractivity contribution in [3.05, 3.63) is 22.4 Å². The first kappa shape index (κ1) is 13.0. The summed E-state index contributed by atoms with van der Waals surface area (Å²) in [5.74, 6) is 0. The number of thiophene rings is 1. The standard InChI is InChI=1S/C13H21NO2S/c1-4-16-11-8-10(13(11)15-3)14-9(2)12-6-5-7-17-12/h5-7,9-11,13-14H,4,8H2,1-3H3. The van der Waals surface area contributed by atoms with Crippen molar-refractivity contribution in [2.24, 2.45) is 0 Å². The molecule has 1 aliphatic rings. The Morgan fingerprint density at radius 2 is 2.41 bits per heavy atom. The highest BCUT2D eigenvalue weighted by atomic mass is 32.1. The molecule has 2 rings (SSSR count). The minimum absolute atomic E-state index is 0.192. The average molecular weight is 255 g/mol. The molecule has 1 aliphatic carbocycles. The van der Waals surface area contributed by atoms with Gasteiger partial charge >= 0.3 is 0 Å². The van der Waals surface area contributed by atoms with E-state index in [1.54, 1.807) is 18.4 Å². The highest BCUT2D eigenvalue weighted by molar-refractivity contribution is 7.10. The molecule has 1 N–H and O–H groups in total. The number of ether oxygens (including phenoxy) is 2. The van der Waals surface area contributed by atoms with Crippen molar-refractivity contribution in [2.45, 2.75) is 44.6 Å². The number of rotatable bonds is 6. The van der Waals surface area contributed by atoms with E-state index in [1.807, 2.05) is 6.92 Å². The van der Waals surface area contributed by atoms with Gasteiger partial charge in [0.25, 0.3) is 0 Å². The zero-order valence-electron chi connectivity index (χ0n) is 10.7. The minimum Gasteiger partial charge on any atom is -0.377 e. The van der Waals surface area contributed by atoms with Crippen LogP contribution in [0.15, 0.2) is 17.5 Å². The van der Waals surface area contributed by atoms with Crippen molar-refractivity contribution in [1.29, 1.82) is 0 Å². The maximum atomic E-state index is 5.62. The van der Waals surface area contributed by atoms with Gasteiger partial charge in [-0.25, -0.2) is 0 Å². The van der Waals surface area contributed by atoms with Crippen molar-refractivity contribution in [2.75, 3.05) is 13.7 Å². The molecule has 1 saturated carbocycles. The summed E-state index contributed by atoms with van der Waals surface area (Å²) in [4.78, 5) is 1.37. The van der Waals surface area contributed by atoms with Gasteiger partial charge in [-0.3, -0.25) is 0 Å². The number of nitrogens with one attached hydrogen (secondary N) is 1. The highest BCUT2D eigenvalue weighted by Gasteiger charge is 2.42. The molecule has 0 radical (unpaired) electrons. The summed E-state index contributed by atoms with van der Waals surface area (Å²) in [5, 5.41) is 5.73. The third-order valence-electron chi connectivity index (χ3n) is 3.34. The van der Waals surface area contributed by atoms with Gasteiger partial charge in [0.05, 0.1) is 12.2 Å². The lowest BCUT2D eigenvalue weighted by molar-refractivity contribution is -0.132. The second kappa shape index (κ2) is 5.96. The molecule has 4 heteroatoms. The van der Waals surface area contributed by atoms with E-state index in [0.29, 0.717) is 12.1 Å². The van der Waals surface area contributed by atoms with Crippen LogP contribution in [0.4, 0.5) is 0 Å². The Hall–Kier alpha value is -0.420. The van der Waals surface area contributed by atoms with Crippen LogP contribution in [-0.2, 0) is 9.47 Å². The predicted molar refractivity (Wildman–Crippen MR) is 70.5 cm³/mol. The molecule has 1 aromatic heterocycles. The van der Waals surface area contributed by atoms with Crippen LogP contribution in [0.3, 0.4) is 0 Å². The van der Waals surface area contributed by atoms with Gasteiger partial charge in [-0.05, 0) is 31.7 Å². The molecule has 3 nitrogen and oxygen atoms in total. The van der Waals surface area contributed by atoms with Gasteiger partial charge in [0.2, 0.25) is 0 Å². The minimum atomic E-state index is 0.192. The van der Waals surface area contributed by atoms with Crippen molar-refractivity contribution in [1.82, 2.24) is 5.32 Å². The molecule has 96 valence electrons. The molecule has 0 bridgehead atoms. The van der Waals surface area contributed by atoms with Gasteiger partial charge in [-0.15, -0.1) is 11.3 Å². The summed E-state index contributed by atoms with van der Waals surface area (Å²) in [6, 6.07) is 5.06. The van der Waals surface area contributed by atoms with Crippen LogP contribution >= 0.6 is 11.3 Å². The molecule has 0 spiro atoms. The van der Waals surface area contributed by atoms with E-state index in [1.165, 1.54) is 4.88 Å². The van der Waals surface area contributed by atoms with Crippen molar-refractivity contribution >= 4 is 11.3 Å². The molecule has 0 aromatic carbocycles. The number of hydrogen-bond donors (Lipinski definition) is 1. The summed E-state index contributed by atoms with van der Waals surface area (Å²) in [5.41, 5.74) is 0. The second-order valence-corrected chi connectivity index (χ2v) is 5.42. The molecular weight excluding hydrogens is 234 g/mol. The maximum absolute atomic E-state index is 5.62. The Kier molecular flexibility index (Phi) is 4.56. The Labute approximate surface area is 107 Å². The Morgan fingerprint density at radius 3 is 3.00 bits per heavy atom. The monoisotopic (exact) mass is 255 g/mol. The predicted octanol–water partition coefficient (Wildman–Crippen LogP) is 2.59. The van der Waals surface area contributed by atoms with Gasteiger partial charge in [0, 0.05) is 30.7 Å². The molecule has 1 aromatic rings. The Balaban J connectivity index is 1.84. The second-order valence-electron chi connectivity index (χ2n) is 4.44. The maximum Gasteiger partial charge on any atom is 0.0987 e. The zero-order chi connectivity index (χ0) is 12.3. The summed E-state index contributed by atoms with van der Waals surface area (Å²) in [7, 11) is 1.76. The highest BCUT2D eigenvalue weighted by Crippen LogP contribution is 2.30. The van der Waals surface area contributed by atoms with Crippen LogP contribution in [0.1, 0.15) is 31.2 Å². The first-order valence-corrected chi connectivity index (χ1v) is 7.08. The van der Waals surface area contributed by atoms with Gasteiger partial charge in [-0.2, -0.15) is 0 Å². The van der Waals surface area contributed by atoms with E-state index in [4.69, 9.17) is 9.47 Å². The first-order valence-electron chi connectivity index (χ1n) is 6.20. The van der Waals surface area contributed by atoms with Gasteiger partial charge in [-0.1, -0.05) is 6.07 Å². The molecule has 4 unspecified atom stereocenters. The van der Waals surface area contributed by atoms with Crippen molar-refractivity contribution < 1.29 is 9.47 Å². The molecule has 0 aliphatic heterocycles. The molecule has 0 saturated heterocycles.